The van der Waals surface area contributed by atoms with Crippen LogP contribution in [-0.4, -0.2) is 5.16 Å². The lowest BCUT2D eigenvalue weighted by atomic mass is 10.0. The number of nitrogens with zero attached hydrogens (tertiary/aromatic N) is 1. The number of aromatic nitrogens is 1. The number of hydrogen-bond acceptors (Lipinski definition) is 2. The van der Waals surface area contributed by atoms with Gasteiger partial charge in [0.2, 0.25) is 0 Å². The van der Waals surface area contributed by atoms with Gasteiger partial charge >= 0.3 is 0 Å². The molecule has 0 spiro atoms. The molecule has 0 unspecified atom stereocenters. The molecule has 1 fully saturated rings. The lowest BCUT2D eigenvalue weighted by Crippen LogP contribution is -1.90. The van der Waals surface area contributed by atoms with Crippen LogP contribution in [-0.2, 0) is 6.42 Å². The van der Waals surface area contributed by atoms with Crippen molar-refractivity contribution in [1.29, 1.82) is 0 Å². The van der Waals surface area contributed by atoms with Crippen LogP contribution in [0.2, 0.25) is 10.0 Å². The molecule has 1 saturated carbocycles. The van der Waals surface area contributed by atoms with Crippen LogP contribution in [0.4, 0.5) is 0 Å². The van der Waals surface area contributed by atoms with Crippen LogP contribution in [0.15, 0.2) is 22.7 Å². The molecule has 1 aliphatic carbocycles. The molecule has 1 aromatic heterocycles. The average molecular weight is 282 g/mol. The van der Waals surface area contributed by atoms with Crippen LogP contribution in [0, 0.1) is 0 Å². The molecule has 0 amide bonds. The second kappa shape index (κ2) is 4.60. The Balaban J connectivity index is 2.16. The summed E-state index contributed by atoms with van der Waals surface area (Å²) in [5.74, 6) is 1.56. The molecule has 2 nitrogen and oxygen atoms in total. The third kappa shape index (κ3) is 1.94. The van der Waals surface area contributed by atoms with E-state index in [4.69, 9.17) is 27.7 Å². The maximum atomic E-state index is 6.23. The van der Waals surface area contributed by atoms with Gasteiger partial charge in [-0.15, -0.1) is 0 Å². The van der Waals surface area contributed by atoms with E-state index in [-0.39, 0.29) is 0 Å². The highest BCUT2D eigenvalue weighted by Gasteiger charge is 2.32. The van der Waals surface area contributed by atoms with Crippen molar-refractivity contribution < 1.29 is 4.52 Å². The molecular formula is C14H13Cl2NO. The van der Waals surface area contributed by atoms with Gasteiger partial charge < -0.3 is 4.52 Å². The molecule has 0 bridgehead atoms. The summed E-state index contributed by atoms with van der Waals surface area (Å²) in [7, 11) is 0. The minimum atomic E-state index is 0.544. The van der Waals surface area contributed by atoms with Crippen molar-refractivity contribution in [3.63, 3.8) is 0 Å². The highest BCUT2D eigenvalue weighted by molar-refractivity contribution is 6.39. The van der Waals surface area contributed by atoms with Gasteiger partial charge in [0.15, 0.2) is 0 Å². The minimum Gasteiger partial charge on any atom is -0.360 e. The van der Waals surface area contributed by atoms with E-state index >= 15 is 0 Å². The van der Waals surface area contributed by atoms with Gasteiger partial charge in [-0.25, -0.2) is 0 Å². The minimum absolute atomic E-state index is 0.544. The van der Waals surface area contributed by atoms with E-state index in [2.05, 4.69) is 12.1 Å². The number of hydrogen-bond donors (Lipinski definition) is 0. The molecule has 18 heavy (non-hydrogen) atoms. The van der Waals surface area contributed by atoms with Crippen molar-refractivity contribution in [3.05, 3.63) is 39.6 Å². The van der Waals surface area contributed by atoms with E-state index in [1.165, 1.54) is 12.8 Å². The number of benzene rings is 1. The van der Waals surface area contributed by atoms with Crippen molar-refractivity contribution >= 4 is 23.2 Å². The molecule has 1 aliphatic rings. The molecule has 2 aromatic rings. The summed E-state index contributed by atoms with van der Waals surface area (Å²) in [5.41, 5.74) is 2.73. The zero-order valence-electron chi connectivity index (χ0n) is 10.0. The molecule has 0 atom stereocenters. The molecule has 0 saturated heterocycles. The smallest absolute Gasteiger partial charge is 0.143 e. The van der Waals surface area contributed by atoms with E-state index < -0.39 is 0 Å². The summed E-state index contributed by atoms with van der Waals surface area (Å²) in [6, 6.07) is 5.49. The lowest BCUT2D eigenvalue weighted by Gasteiger charge is -2.05. The first-order valence-corrected chi connectivity index (χ1v) is 6.90. The second-order valence-electron chi connectivity index (χ2n) is 4.60. The maximum Gasteiger partial charge on any atom is 0.143 e. The van der Waals surface area contributed by atoms with Gasteiger partial charge in [-0.05, 0) is 31.4 Å². The summed E-state index contributed by atoms with van der Waals surface area (Å²) in [6.07, 6.45) is 3.27. The average Bonchev–Trinajstić information content (AvgIpc) is 3.10. The molecule has 4 heteroatoms. The largest absolute Gasteiger partial charge is 0.360 e. The number of rotatable bonds is 3. The Labute approximate surface area is 116 Å². The van der Waals surface area contributed by atoms with E-state index in [1.54, 1.807) is 0 Å². The highest BCUT2D eigenvalue weighted by atomic mass is 35.5. The Kier molecular flexibility index (Phi) is 3.08. The molecule has 94 valence electrons. The summed E-state index contributed by atoms with van der Waals surface area (Å²) in [6.45, 7) is 2.10. The van der Waals surface area contributed by atoms with Crippen LogP contribution in [0.1, 0.15) is 37.0 Å². The first-order chi connectivity index (χ1) is 8.72. The standard InChI is InChI=1S/C14H13Cl2NO/c1-2-9-13(17-18-14(9)8-6-7-8)12-10(15)4-3-5-11(12)16/h3-5,8H,2,6-7H2,1H3. The third-order valence-corrected chi connectivity index (χ3v) is 3.95. The monoisotopic (exact) mass is 281 g/mol. The molecule has 1 aromatic carbocycles. The fourth-order valence-electron chi connectivity index (χ4n) is 2.25. The van der Waals surface area contributed by atoms with Crippen molar-refractivity contribution in [2.75, 3.05) is 0 Å². The van der Waals surface area contributed by atoms with Gasteiger partial charge in [-0.3, -0.25) is 0 Å². The maximum absolute atomic E-state index is 6.23. The van der Waals surface area contributed by atoms with Crippen molar-refractivity contribution in [2.24, 2.45) is 0 Å². The molecule has 1 heterocycles. The Morgan fingerprint density at radius 3 is 2.50 bits per heavy atom. The summed E-state index contributed by atoms with van der Waals surface area (Å²) < 4.78 is 5.51. The Morgan fingerprint density at radius 1 is 1.28 bits per heavy atom. The van der Waals surface area contributed by atoms with E-state index in [9.17, 15) is 0 Å². The van der Waals surface area contributed by atoms with Crippen LogP contribution in [0.25, 0.3) is 11.3 Å². The fraction of sp³-hybridized carbons (Fsp3) is 0.357. The predicted molar refractivity (Wildman–Crippen MR) is 73.3 cm³/mol. The summed E-state index contributed by atoms with van der Waals surface area (Å²) in [4.78, 5) is 0. The van der Waals surface area contributed by atoms with Gasteiger partial charge in [0.25, 0.3) is 0 Å². The van der Waals surface area contributed by atoms with Crippen LogP contribution in [0.3, 0.4) is 0 Å². The van der Waals surface area contributed by atoms with Crippen molar-refractivity contribution in [3.8, 4) is 11.3 Å². The molecule has 3 rings (SSSR count). The summed E-state index contributed by atoms with van der Waals surface area (Å²) >= 11 is 12.5. The van der Waals surface area contributed by atoms with Crippen molar-refractivity contribution in [1.82, 2.24) is 5.16 Å². The Morgan fingerprint density at radius 2 is 1.94 bits per heavy atom. The molecule has 0 N–H and O–H groups in total. The highest BCUT2D eigenvalue weighted by Crippen LogP contribution is 2.45. The van der Waals surface area contributed by atoms with E-state index in [1.807, 2.05) is 18.2 Å². The van der Waals surface area contributed by atoms with Crippen LogP contribution in [0.5, 0.6) is 0 Å². The first-order valence-electron chi connectivity index (χ1n) is 6.15. The van der Waals surface area contributed by atoms with Crippen molar-refractivity contribution in [2.45, 2.75) is 32.1 Å². The zero-order valence-corrected chi connectivity index (χ0v) is 11.6. The van der Waals surface area contributed by atoms with Crippen LogP contribution >= 0.6 is 23.2 Å². The van der Waals surface area contributed by atoms with Crippen LogP contribution < -0.4 is 0 Å². The molecular weight excluding hydrogens is 269 g/mol. The van der Waals surface area contributed by atoms with Gasteiger partial charge in [0.05, 0.1) is 10.0 Å². The Bertz CT molecular complexity index is 567. The SMILES string of the molecule is CCc1c(-c2c(Cl)cccc2Cl)noc1C1CC1. The lowest BCUT2D eigenvalue weighted by molar-refractivity contribution is 0.385. The third-order valence-electron chi connectivity index (χ3n) is 3.32. The fourth-order valence-corrected chi connectivity index (χ4v) is 2.83. The predicted octanol–water partition coefficient (Wildman–Crippen LogP) is 5.09. The van der Waals surface area contributed by atoms with E-state index in [0.29, 0.717) is 16.0 Å². The quantitative estimate of drug-likeness (QED) is 0.783. The van der Waals surface area contributed by atoms with Gasteiger partial charge in [0.1, 0.15) is 11.5 Å². The number of halogens is 2. The Hall–Kier alpha value is -0.990. The molecule has 0 radical (unpaired) electrons. The van der Waals surface area contributed by atoms with Gasteiger partial charge in [-0.1, -0.05) is 41.3 Å². The first kappa shape index (κ1) is 12.1. The summed E-state index contributed by atoms with van der Waals surface area (Å²) in [5, 5.41) is 5.43. The normalized spacial score (nSPS) is 15.1. The van der Waals surface area contributed by atoms with Gasteiger partial charge in [-0.2, -0.15) is 0 Å². The molecule has 0 aliphatic heterocycles. The second-order valence-corrected chi connectivity index (χ2v) is 5.41. The van der Waals surface area contributed by atoms with Gasteiger partial charge in [0, 0.05) is 17.0 Å². The topological polar surface area (TPSA) is 26.0 Å². The van der Waals surface area contributed by atoms with E-state index in [0.717, 1.165) is 29.0 Å². The zero-order chi connectivity index (χ0) is 12.7.